The van der Waals surface area contributed by atoms with Crippen LogP contribution in [0.3, 0.4) is 0 Å². The maximum absolute atomic E-state index is 5.99. The highest BCUT2D eigenvalue weighted by atomic mass is 16.5. The van der Waals surface area contributed by atoms with E-state index in [2.05, 4.69) is 15.3 Å². The van der Waals surface area contributed by atoms with Crippen molar-refractivity contribution in [2.24, 2.45) is 0 Å². The summed E-state index contributed by atoms with van der Waals surface area (Å²) in [6, 6.07) is 0. The molecule has 0 unspecified atom stereocenters. The van der Waals surface area contributed by atoms with E-state index in [1.165, 1.54) is 0 Å². The first kappa shape index (κ1) is 16.5. The van der Waals surface area contributed by atoms with Crippen LogP contribution in [0.1, 0.15) is 26.1 Å². The molecule has 7 nitrogen and oxygen atoms in total. The zero-order valence-corrected chi connectivity index (χ0v) is 12.4. The second-order valence-electron chi connectivity index (χ2n) is 4.05. The van der Waals surface area contributed by atoms with E-state index in [1.54, 1.807) is 7.11 Å². The Labute approximate surface area is 119 Å². The molecule has 0 aromatic carbocycles. The van der Waals surface area contributed by atoms with Crippen molar-refractivity contribution >= 4 is 11.5 Å². The Morgan fingerprint density at radius 3 is 2.65 bits per heavy atom. The number of rotatable bonds is 10. The van der Waals surface area contributed by atoms with E-state index < -0.39 is 0 Å². The Hall–Kier alpha value is -1.60. The number of hydrogen-bond acceptors (Lipinski definition) is 7. The number of hydrogen-bond donors (Lipinski definition) is 2. The number of anilines is 2. The van der Waals surface area contributed by atoms with E-state index in [0.29, 0.717) is 43.0 Å². The van der Waals surface area contributed by atoms with E-state index >= 15 is 0 Å². The Morgan fingerprint density at radius 2 is 2.00 bits per heavy atom. The van der Waals surface area contributed by atoms with Crippen LogP contribution in [0, 0.1) is 0 Å². The van der Waals surface area contributed by atoms with Crippen molar-refractivity contribution in [1.82, 2.24) is 9.97 Å². The number of nitrogen functional groups attached to an aromatic ring is 1. The number of nitrogens with one attached hydrogen (secondary N) is 1. The molecule has 3 N–H and O–H groups in total. The Kier molecular flexibility index (Phi) is 7.67. The molecule has 0 saturated carbocycles. The highest BCUT2D eigenvalue weighted by Crippen LogP contribution is 2.26. The summed E-state index contributed by atoms with van der Waals surface area (Å²) in [5.74, 6) is 1.51. The molecule has 0 saturated heterocycles. The number of nitrogens with two attached hydrogens (primary N) is 1. The first-order valence-corrected chi connectivity index (χ1v) is 6.82. The third-order valence-electron chi connectivity index (χ3n) is 2.47. The van der Waals surface area contributed by atoms with Crippen molar-refractivity contribution < 1.29 is 14.2 Å². The highest BCUT2D eigenvalue weighted by molar-refractivity contribution is 5.66. The number of ether oxygens (including phenoxy) is 3. The monoisotopic (exact) mass is 284 g/mol. The molecule has 1 rings (SSSR count). The molecule has 1 aromatic rings. The largest absolute Gasteiger partial charge is 0.476 e. The molecule has 1 heterocycles. The third-order valence-corrected chi connectivity index (χ3v) is 2.47. The van der Waals surface area contributed by atoms with Crippen molar-refractivity contribution in [3.05, 3.63) is 5.82 Å². The fourth-order valence-electron chi connectivity index (χ4n) is 1.59. The van der Waals surface area contributed by atoms with Gasteiger partial charge in [-0.15, -0.1) is 0 Å². The second-order valence-corrected chi connectivity index (χ2v) is 4.05. The first-order valence-electron chi connectivity index (χ1n) is 6.82. The summed E-state index contributed by atoms with van der Waals surface area (Å²) in [5, 5.41) is 3.18. The van der Waals surface area contributed by atoms with E-state index in [1.807, 2.05) is 13.8 Å². The van der Waals surface area contributed by atoms with Crippen molar-refractivity contribution in [3.8, 4) is 5.88 Å². The third kappa shape index (κ3) is 5.18. The lowest BCUT2D eigenvalue weighted by molar-refractivity contribution is 0.147. The van der Waals surface area contributed by atoms with Gasteiger partial charge in [0.1, 0.15) is 12.3 Å². The van der Waals surface area contributed by atoms with Crippen LogP contribution < -0.4 is 15.8 Å². The van der Waals surface area contributed by atoms with Crippen LogP contribution in [-0.4, -0.2) is 43.4 Å². The van der Waals surface area contributed by atoms with Gasteiger partial charge in [-0.05, 0) is 20.3 Å². The van der Waals surface area contributed by atoms with Crippen LogP contribution in [0.4, 0.5) is 11.5 Å². The molecule has 0 aliphatic rings. The molecule has 0 atom stereocenters. The zero-order chi connectivity index (χ0) is 14.8. The normalized spacial score (nSPS) is 10.6. The molecular weight excluding hydrogens is 260 g/mol. The quantitative estimate of drug-likeness (QED) is 0.628. The van der Waals surface area contributed by atoms with Gasteiger partial charge in [0.25, 0.3) is 0 Å². The lowest BCUT2D eigenvalue weighted by atomic mass is 10.4. The summed E-state index contributed by atoms with van der Waals surface area (Å²) in [6.07, 6.45) is 0.876. The van der Waals surface area contributed by atoms with E-state index in [0.717, 1.165) is 19.6 Å². The fourth-order valence-corrected chi connectivity index (χ4v) is 1.59. The summed E-state index contributed by atoms with van der Waals surface area (Å²) >= 11 is 0. The molecule has 20 heavy (non-hydrogen) atoms. The van der Waals surface area contributed by atoms with Crippen molar-refractivity contribution in [3.63, 3.8) is 0 Å². The molecule has 0 aliphatic heterocycles. The molecule has 114 valence electrons. The summed E-state index contributed by atoms with van der Waals surface area (Å²) in [6.45, 7) is 6.82. The van der Waals surface area contributed by atoms with Gasteiger partial charge in [-0.3, -0.25) is 0 Å². The van der Waals surface area contributed by atoms with Gasteiger partial charge >= 0.3 is 0 Å². The summed E-state index contributed by atoms with van der Waals surface area (Å²) < 4.78 is 15.7. The molecule has 1 aromatic heterocycles. The summed E-state index contributed by atoms with van der Waals surface area (Å²) in [4.78, 5) is 8.55. The molecule has 7 heteroatoms. The van der Waals surface area contributed by atoms with Crippen molar-refractivity contribution in [2.45, 2.75) is 26.9 Å². The van der Waals surface area contributed by atoms with Gasteiger partial charge in [0.2, 0.25) is 5.88 Å². The number of aromatic nitrogens is 2. The topological polar surface area (TPSA) is 91.5 Å². The first-order chi connectivity index (χ1) is 9.72. The van der Waals surface area contributed by atoms with Crippen LogP contribution >= 0.6 is 0 Å². The fraction of sp³-hybridized carbons (Fsp3) is 0.692. The Balaban J connectivity index is 2.71. The van der Waals surface area contributed by atoms with Crippen LogP contribution in [-0.2, 0) is 16.1 Å². The zero-order valence-electron chi connectivity index (χ0n) is 12.4. The number of nitrogens with zero attached hydrogens (tertiary/aromatic N) is 2. The predicted molar refractivity (Wildman–Crippen MR) is 77.9 cm³/mol. The number of methoxy groups -OCH3 is 1. The Bertz CT molecular complexity index is 401. The van der Waals surface area contributed by atoms with Gasteiger partial charge in [-0.1, -0.05) is 0 Å². The van der Waals surface area contributed by atoms with Gasteiger partial charge in [0, 0.05) is 26.9 Å². The maximum atomic E-state index is 5.99. The van der Waals surface area contributed by atoms with Crippen molar-refractivity contribution in [2.75, 3.05) is 44.5 Å². The molecule has 0 spiro atoms. The molecule has 0 bridgehead atoms. The molecule has 0 radical (unpaired) electrons. The minimum absolute atomic E-state index is 0.313. The van der Waals surface area contributed by atoms with Gasteiger partial charge in [0.05, 0.1) is 6.61 Å². The SMILES string of the molecule is CCOCCCNc1nc(COC)nc(OCC)c1N. The average Bonchev–Trinajstić information content (AvgIpc) is 2.43. The van der Waals surface area contributed by atoms with Gasteiger partial charge in [-0.2, -0.15) is 4.98 Å². The van der Waals surface area contributed by atoms with Crippen LogP contribution in [0.25, 0.3) is 0 Å². The van der Waals surface area contributed by atoms with E-state index in [9.17, 15) is 0 Å². The lowest BCUT2D eigenvalue weighted by Crippen LogP contribution is -2.13. The van der Waals surface area contributed by atoms with Gasteiger partial charge in [-0.25, -0.2) is 4.98 Å². The predicted octanol–water partition coefficient (Wildman–Crippen LogP) is 1.44. The lowest BCUT2D eigenvalue weighted by Gasteiger charge is -2.13. The maximum Gasteiger partial charge on any atom is 0.242 e. The molecular formula is C13H24N4O3. The molecule has 0 aliphatic carbocycles. The average molecular weight is 284 g/mol. The van der Waals surface area contributed by atoms with Gasteiger partial charge in [0.15, 0.2) is 11.6 Å². The summed E-state index contributed by atoms with van der Waals surface area (Å²) in [7, 11) is 1.59. The van der Waals surface area contributed by atoms with Gasteiger partial charge < -0.3 is 25.3 Å². The molecule has 0 fully saturated rings. The second kappa shape index (κ2) is 9.33. The van der Waals surface area contributed by atoms with Crippen LogP contribution in [0.2, 0.25) is 0 Å². The van der Waals surface area contributed by atoms with Crippen LogP contribution in [0.15, 0.2) is 0 Å². The smallest absolute Gasteiger partial charge is 0.242 e. The minimum atomic E-state index is 0.313. The standard InChI is InChI=1S/C13H24N4O3/c1-4-19-8-6-7-15-12-11(14)13(20-5-2)17-10(16-12)9-18-3/h4-9,14H2,1-3H3,(H,15,16,17). The van der Waals surface area contributed by atoms with Crippen molar-refractivity contribution in [1.29, 1.82) is 0 Å². The Morgan fingerprint density at radius 1 is 1.20 bits per heavy atom. The molecule has 0 amide bonds. The highest BCUT2D eigenvalue weighted by Gasteiger charge is 2.12. The summed E-state index contributed by atoms with van der Waals surface area (Å²) in [5.41, 5.74) is 6.41. The van der Waals surface area contributed by atoms with E-state index in [-0.39, 0.29) is 0 Å². The minimum Gasteiger partial charge on any atom is -0.476 e. The van der Waals surface area contributed by atoms with Crippen LogP contribution in [0.5, 0.6) is 5.88 Å². The van der Waals surface area contributed by atoms with E-state index in [4.69, 9.17) is 19.9 Å².